The molecular formula is C18H17F3N2O2. The fourth-order valence-corrected chi connectivity index (χ4v) is 2.97. The summed E-state index contributed by atoms with van der Waals surface area (Å²) in [7, 11) is 0. The molecule has 1 aliphatic carbocycles. The molecule has 0 heterocycles. The molecule has 0 fully saturated rings. The van der Waals surface area contributed by atoms with E-state index in [2.05, 4.69) is 21.4 Å². The summed E-state index contributed by atoms with van der Waals surface area (Å²) in [6, 6.07) is 12.5. The van der Waals surface area contributed by atoms with Gasteiger partial charge in [-0.1, -0.05) is 24.3 Å². The van der Waals surface area contributed by atoms with E-state index in [1.807, 2.05) is 18.2 Å². The average molecular weight is 350 g/mol. The van der Waals surface area contributed by atoms with Crippen LogP contribution in [0, 0.1) is 0 Å². The summed E-state index contributed by atoms with van der Waals surface area (Å²) in [4.78, 5) is 12.2. The molecule has 0 unspecified atom stereocenters. The Hall–Kier alpha value is -2.70. The zero-order valence-corrected chi connectivity index (χ0v) is 13.3. The predicted octanol–water partition coefficient (Wildman–Crippen LogP) is 4.78. The van der Waals surface area contributed by atoms with E-state index in [0.29, 0.717) is 5.69 Å². The second-order valence-corrected chi connectivity index (χ2v) is 5.81. The molecule has 2 aromatic carbocycles. The molecule has 3 rings (SSSR count). The van der Waals surface area contributed by atoms with Crippen LogP contribution in [0.5, 0.6) is 5.75 Å². The lowest BCUT2D eigenvalue weighted by molar-refractivity contribution is -0.274. The van der Waals surface area contributed by atoms with E-state index in [-0.39, 0.29) is 11.8 Å². The van der Waals surface area contributed by atoms with Gasteiger partial charge in [0, 0.05) is 5.69 Å². The molecule has 2 aromatic rings. The molecule has 0 aromatic heterocycles. The van der Waals surface area contributed by atoms with Crippen LogP contribution >= 0.6 is 0 Å². The summed E-state index contributed by atoms with van der Waals surface area (Å²) in [6.07, 6.45) is -1.90. The van der Waals surface area contributed by atoms with E-state index in [1.54, 1.807) is 0 Å². The van der Waals surface area contributed by atoms with Crippen molar-refractivity contribution in [3.8, 4) is 5.75 Å². The third-order valence-corrected chi connectivity index (χ3v) is 4.02. The van der Waals surface area contributed by atoms with Gasteiger partial charge in [0.05, 0.1) is 6.04 Å². The first-order valence-electron chi connectivity index (χ1n) is 7.92. The molecule has 2 amide bonds. The monoisotopic (exact) mass is 350 g/mol. The molecule has 4 nitrogen and oxygen atoms in total. The number of hydrogen-bond donors (Lipinski definition) is 2. The Bertz CT molecular complexity index is 745. The minimum atomic E-state index is -4.74. The number of amides is 2. The van der Waals surface area contributed by atoms with Gasteiger partial charge in [-0.2, -0.15) is 0 Å². The van der Waals surface area contributed by atoms with E-state index >= 15 is 0 Å². The van der Waals surface area contributed by atoms with Gasteiger partial charge < -0.3 is 15.4 Å². The molecule has 0 saturated carbocycles. The SMILES string of the molecule is O=C(Nc1ccc(OC(F)(F)F)cc1)N[C@@H]1CCCc2ccccc21. The highest BCUT2D eigenvalue weighted by Gasteiger charge is 2.31. The fourth-order valence-electron chi connectivity index (χ4n) is 2.97. The second-order valence-electron chi connectivity index (χ2n) is 5.81. The van der Waals surface area contributed by atoms with Crippen LogP contribution in [0.25, 0.3) is 0 Å². The van der Waals surface area contributed by atoms with E-state index in [4.69, 9.17) is 0 Å². The van der Waals surface area contributed by atoms with Crippen molar-refractivity contribution in [3.05, 3.63) is 59.7 Å². The van der Waals surface area contributed by atoms with E-state index in [0.717, 1.165) is 37.0 Å². The number of halogens is 3. The standard InChI is InChI=1S/C18H17F3N2O2/c19-18(20,21)25-14-10-8-13(9-11-14)22-17(24)23-16-7-3-5-12-4-1-2-6-15(12)16/h1-2,4,6,8-11,16H,3,5,7H2,(H2,22,23,24)/t16-/m1/s1. The summed E-state index contributed by atoms with van der Waals surface area (Å²) in [5.74, 6) is -0.334. The normalized spacial score (nSPS) is 16.7. The minimum Gasteiger partial charge on any atom is -0.406 e. The van der Waals surface area contributed by atoms with Crippen molar-refractivity contribution >= 4 is 11.7 Å². The van der Waals surface area contributed by atoms with Crippen molar-refractivity contribution in [1.82, 2.24) is 5.32 Å². The van der Waals surface area contributed by atoms with Crippen molar-refractivity contribution in [2.24, 2.45) is 0 Å². The van der Waals surface area contributed by atoms with E-state index in [9.17, 15) is 18.0 Å². The van der Waals surface area contributed by atoms with Crippen LogP contribution < -0.4 is 15.4 Å². The van der Waals surface area contributed by atoms with Crippen molar-refractivity contribution < 1.29 is 22.7 Å². The van der Waals surface area contributed by atoms with Crippen LogP contribution in [0.1, 0.15) is 30.0 Å². The van der Waals surface area contributed by atoms with Crippen LogP contribution in [-0.4, -0.2) is 12.4 Å². The summed E-state index contributed by atoms with van der Waals surface area (Å²) in [5, 5.41) is 5.54. The summed E-state index contributed by atoms with van der Waals surface area (Å²) >= 11 is 0. The molecule has 2 N–H and O–H groups in total. The largest absolute Gasteiger partial charge is 0.573 e. The van der Waals surface area contributed by atoms with Gasteiger partial charge in [-0.15, -0.1) is 13.2 Å². The van der Waals surface area contributed by atoms with Gasteiger partial charge in [0.2, 0.25) is 0 Å². The Morgan fingerprint density at radius 3 is 2.52 bits per heavy atom. The maximum Gasteiger partial charge on any atom is 0.573 e. The maximum atomic E-state index is 12.2. The summed E-state index contributed by atoms with van der Waals surface area (Å²) in [5.41, 5.74) is 2.72. The number of nitrogens with one attached hydrogen (secondary N) is 2. The second kappa shape index (κ2) is 7.04. The first-order valence-corrected chi connectivity index (χ1v) is 7.92. The molecule has 1 atom stereocenters. The van der Waals surface area contributed by atoms with Gasteiger partial charge in [-0.25, -0.2) is 4.79 Å². The van der Waals surface area contributed by atoms with Crippen LogP contribution in [0.15, 0.2) is 48.5 Å². The number of carbonyl (C=O) groups excluding carboxylic acids is 1. The topological polar surface area (TPSA) is 50.4 Å². The van der Waals surface area contributed by atoms with Gasteiger partial charge in [0.15, 0.2) is 0 Å². The van der Waals surface area contributed by atoms with Crippen LogP contribution in [0.2, 0.25) is 0 Å². The lowest BCUT2D eigenvalue weighted by Gasteiger charge is -2.26. The Balaban J connectivity index is 1.60. The van der Waals surface area contributed by atoms with E-state index < -0.39 is 12.4 Å². The van der Waals surface area contributed by atoms with Crippen LogP contribution in [0.4, 0.5) is 23.7 Å². The van der Waals surface area contributed by atoms with Crippen LogP contribution in [0.3, 0.4) is 0 Å². The zero-order chi connectivity index (χ0) is 17.9. The third-order valence-electron chi connectivity index (χ3n) is 4.02. The molecule has 0 radical (unpaired) electrons. The lowest BCUT2D eigenvalue weighted by atomic mass is 9.88. The molecule has 0 spiro atoms. The summed E-state index contributed by atoms with van der Waals surface area (Å²) < 4.78 is 40.2. The van der Waals surface area contributed by atoms with Gasteiger partial charge in [-0.05, 0) is 54.7 Å². The van der Waals surface area contributed by atoms with Gasteiger partial charge in [0.1, 0.15) is 5.75 Å². The number of urea groups is 1. The lowest BCUT2D eigenvalue weighted by Crippen LogP contribution is -2.34. The number of aryl methyl sites for hydroxylation is 1. The van der Waals surface area contributed by atoms with Gasteiger partial charge >= 0.3 is 12.4 Å². The molecule has 25 heavy (non-hydrogen) atoms. The Morgan fingerprint density at radius 1 is 1.08 bits per heavy atom. The fraction of sp³-hybridized carbons (Fsp3) is 0.278. The number of ether oxygens (including phenoxy) is 1. The molecule has 0 aliphatic heterocycles. The molecular weight excluding hydrogens is 333 g/mol. The van der Waals surface area contributed by atoms with Gasteiger partial charge in [0.25, 0.3) is 0 Å². The minimum absolute atomic E-state index is 0.0715. The highest BCUT2D eigenvalue weighted by molar-refractivity contribution is 5.89. The molecule has 1 aliphatic rings. The molecule has 0 saturated heterocycles. The summed E-state index contributed by atoms with van der Waals surface area (Å²) in [6.45, 7) is 0. The van der Waals surface area contributed by atoms with Crippen LogP contribution in [-0.2, 0) is 6.42 Å². The van der Waals surface area contributed by atoms with Crippen molar-refractivity contribution in [2.45, 2.75) is 31.7 Å². The first-order chi connectivity index (χ1) is 11.9. The quantitative estimate of drug-likeness (QED) is 0.837. The van der Waals surface area contributed by atoms with E-state index in [1.165, 1.54) is 17.7 Å². The number of benzene rings is 2. The number of fused-ring (bicyclic) bond motifs is 1. The first kappa shape index (κ1) is 17.1. The van der Waals surface area contributed by atoms with Crippen molar-refractivity contribution in [1.29, 1.82) is 0 Å². The molecule has 0 bridgehead atoms. The molecule has 7 heteroatoms. The third kappa shape index (κ3) is 4.65. The smallest absolute Gasteiger partial charge is 0.406 e. The Kier molecular flexibility index (Phi) is 4.83. The Morgan fingerprint density at radius 2 is 1.80 bits per heavy atom. The predicted molar refractivity (Wildman–Crippen MR) is 87.4 cm³/mol. The number of carbonyl (C=O) groups is 1. The number of anilines is 1. The molecule has 132 valence electrons. The zero-order valence-electron chi connectivity index (χ0n) is 13.3. The van der Waals surface area contributed by atoms with Crippen molar-refractivity contribution in [3.63, 3.8) is 0 Å². The van der Waals surface area contributed by atoms with Gasteiger partial charge in [-0.3, -0.25) is 0 Å². The highest BCUT2D eigenvalue weighted by atomic mass is 19.4. The number of hydrogen-bond acceptors (Lipinski definition) is 2. The highest BCUT2D eigenvalue weighted by Crippen LogP contribution is 2.29. The number of alkyl halides is 3. The Labute approximate surface area is 143 Å². The van der Waals surface area contributed by atoms with Crippen molar-refractivity contribution in [2.75, 3.05) is 5.32 Å². The number of rotatable bonds is 3. The maximum absolute atomic E-state index is 12.2. The average Bonchev–Trinajstić information content (AvgIpc) is 2.56.